The van der Waals surface area contributed by atoms with Gasteiger partial charge < -0.3 is 14.2 Å². The summed E-state index contributed by atoms with van der Waals surface area (Å²) in [5.41, 5.74) is 0.237. The van der Waals surface area contributed by atoms with Crippen molar-refractivity contribution in [1.29, 1.82) is 0 Å². The Morgan fingerprint density at radius 3 is 1.97 bits per heavy atom. The number of ether oxygens (including phenoxy) is 1. The number of amides is 1. The van der Waals surface area contributed by atoms with E-state index in [1.807, 2.05) is 84.9 Å². The molecule has 0 aromatic heterocycles. The highest BCUT2D eigenvalue weighted by atomic mass is 31.2. The standard InChI is InChI=1S/C25H24NO4P/c1-19(27)30-17-25(22-15-9-10-16-23(22)26(2)24(25)28)18-31(29,20-11-5-3-6-12-20)21-13-7-4-8-14-21/h3-16H,17-18H2,1-2H3. The third-order valence-electron chi connectivity index (χ3n) is 5.86. The number of benzene rings is 3. The average Bonchev–Trinajstić information content (AvgIpc) is 3.01. The summed E-state index contributed by atoms with van der Waals surface area (Å²) < 4.78 is 20.2. The number of para-hydroxylation sites is 1. The van der Waals surface area contributed by atoms with E-state index in [4.69, 9.17) is 4.74 Å². The van der Waals surface area contributed by atoms with Crippen LogP contribution in [-0.4, -0.2) is 31.7 Å². The van der Waals surface area contributed by atoms with Gasteiger partial charge in [-0.1, -0.05) is 78.9 Å². The second-order valence-corrected chi connectivity index (χ2v) is 10.6. The molecule has 6 heteroatoms. The summed E-state index contributed by atoms with van der Waals surface area (Å²) in [6.07, 6.45) is 0.0293. The molecule has 3 aromatic rings. The van der Waals surface area contributed by atoms with Gasteiger partial charge in [0.15, 0.2) is 0 Å². The van der Waals surface area contributed by atoms with E-state index in [2.05, 4.69) is 0 Å². The zero-order valence-electron chi connectivity index (χ0n) is 17.5. The van der Waals surface area contributed by atoms with E-state index in [1.165, 1.54) is 6.92 Å². The van der Waals surface area contributed by atoms with Crippen LogP contribution in [0.1, 0.15) is 12.5 Å². The fraction of sp³-hybridized carbons (Fsp3) is 0.200. The van der Waals surface area contributed by atoms with E-state index in [-0.39, 0.29) is 18.7 Å². The number of nitrogens with zero attached hydrogens (tertiary/aromatic N) is 1. The molecule has 158 valence electrons. The summed E-state index contributed by atoms with van der Waals surface area (Å²) >= 11 is 0. The predicted molar refractivity (Wildman–Crippen MR) is 123 cm³/mol. The lowest BCUT2D eigenvalue weighted by Gasteiger charge is -2.32. The molecule has 1 aliphatic heterocycles. The van der Waals surface area contributed by atoms with Gasteiger partial charge >= 0.3 is 5.97 Å². The molecule has 1 atom stereocenters. The predicted octanol–water partition coefficient (Wildman–Crippen LogP) is 3.48. The maximum atomic E-state index is 14.8. The SMILES string of the molecule is CC(=O)OCC1(CP(=O)(c2ccccc2)c2ccccc2)C(=O)N(C)c2ccccc21. The normalized spacial score (nSPS) is 18.0. The highest BCUT2D eigenvalue weighted by molar-refractivity contribution is 7.78. The average molecular weight is 433 g/mol. The van der Waals surface area contributed by atoms with Gasteiger partial charge in [0.05, 0.1) is 0 Å². The second kappa shape index (κ2) is 8.16. The third-order valence-corrected chi connectivity index (χ3v) is 9.11. The molecule has 0 saturated heterocycles. The van der Waals surface area contributed by atoms with Crippen LogP contribution >= 0.6 is 7.14 Å². The molecule has 1 aliphatic rings. The monoisotopic (exact) mass is 433 g/mol. The van der Waals surface area contributed by atoms with Crippen LogP contribution < -0.4 is 15.5 Å². The maximum Gasteiger partial charge on any atom is 0.302 e. The first-order valence-corrected chi connectivity index (χ1v) is 12.0. The number of hydrogen-bond donors (Lipinski definition) is 0. The molecule has 1 unspecified atom stereocenters. The summed E-state index contributed by atoms with van der Waals surface area (Å²) in [5.74, 6) is -0.699. The number of fused-ring (bicyclic) bond motifs is 1. The highest BCUT2D eigenvalue weighted by Crippen LogP contribution is 2.53. The zero-order chi connectivity index (χ0) is 22.1. The lowest BCUT2D eigenvalue weighted by molar-refractivity contribution is -0.144. The molecule has 0 saturated carbocycles. The van der Waals surface area contributed by atoms with Crippen molar-refractivity contribution < 1.29 is 18.9 Å². The van der Waals surface area contributed by atoms with E-state index in [0.29, 0.717) is 10.6 Å². The Labute approximate surface area is 182 Å². The van der Waals surface area contributed by atoms with Crippen LogP contribution in [0.25, 0.3) is 0 Å². The minimum atomic E-state index is -3.26. The lowest BCUT2D eigenvalue weighted by atomic mass is 9.84. The summed E-state index contributed by atoms with van der Waals surface area (Å²) in [6, 6.07) is 25.9. The van der Waals surface area contributed by atoms with E-state index in [9.17, 15) is 14.2 Å². The van der Waals surface area contributed by atoms with Gasteiger partial charge in [-0.2, -0.15) is 0 Å². The minimum Gasteiger partial charge on any atom is -0.464 e. The van der Waals surface area contributed by atoms with Crippen LogP contribution in [0.5, 0.6) is 0 Å². The van der Waals surface area contributed by atoms with Crippen molar-refractivity contribution in [3.8, 4) is 0 Å². The molecule has 31 heavy (non-hydrogen) atoms. The van der Waals surface area contributed by atoms with E-state index in [1.54, 1.807) is 11.9 Å². The molecule has 4 rings (SSSR count). The van der Waals surface area contributed by atoms with Crippen LogP contribution in [0.3, 0.4) is 0 Å². The van der Waals surface area contributed by atoms with Crippen molar-refractivity contribution in [1.82, 2.24) is 0 Å². The van der Waals surface area contributed by atoms with Crippen molar-refractivity contribution in [2.24, 2.45) is 0 Å². The van der Waals surface area contributed by atoms with Gasteiger partial charge in [0.25, 0.3) is 0 Å². The molecular weight excluding hydrogens is 409 g/mol. The van der Waals surface area contributed by atoms with Crippen LogP contribution in [0.4, 0.5) is 5.69 Å². The minimum absolute atomic E-state index is 0.0293. The van der Waals surface area contributed by atoms with Crippen LogP contribution in [-0.2, 0) is 24.3 Å². The molecule has 0 spiro atoms. The summed E-state index contributed by atoms with van der Waals surface area (Å²) in [5, 5.41) is 1.34. The molecule has 0 aliphatic carbocycles. The Balaban J connectivity index is 1.93. The Bertz CT molecular complexity index is 1120. The van der Waals surface area contributed by atoms with Gasteiger partial charge in [0, 0.05) is 36.4 Å². The van der Waals surface area contributed by atoms with Crippen LogP contribution in [0.2, 0.25) is 0 Å². The van der Waals surface area contributed by atoms with Crippen LogP contribution in [0.15, 0.2) is 84.9 Å². The van der Waals surface area contributed by atoms with Gasteiger partial charge in [-0.25, -0.2) is 0 Å². The van der Waals surface area contributed by atoms with Gasteiger partial charge in [-0.05, 0) is 11.6 Å². The van der Waals surface area contributed by atoms with Crippen LogP contribution in [0, 0.1) is 0 Å². The molecule has 0 radical (unpaired) electrons. The first-order valence-electron chi connectivity index (χ1n) is 10.1. The van der Waals surface area contributed by atoms with E-state index >= 15 is 0 Å². The molecule has 0 bridgehead atoms. The largest absolute Gasteiger partial charge is 0.464 e. The van der Waals surface area contributed by atoms with Gasteiger partial charge in [0.2, 0.25) is 5.91 Å². The number of anilines is 1. The Morgan fingerprint density at radius 1 is 0.903 bits per heavy atom. The lowest BCUT2D eigenvalue weighted by Crippen LogP contribution is -2.47. The van der Waals surface area contributed by atoms with E-state index in [0.717, 1.165) is 11.3 Å². The smallest absolute Gasteiger partial charge is 0.302 e. The number of hydrogen-bond acceptors (Lipinski definition) is 4. The number of rotatable bonds is 6. The first kappa shape index (κ1) is 21.1. The molecule has 1 heterocycles. The number of esters is 1. The van der Waals surface area contributed by atoms with Gasteiger partial charge in [-0.3, -0.25) is 9.59 Å². The van der Waals surface area contributed by atoms with Gasteiger partial charge in [0.1, 0.15) is 19.2 Å². The van der Waals surface area contributed by atoms with Crippen molar-refractivity contribution in [3.63, 3.8) is 0 Å². The number of carbonyl (C=O) groups is 2. The number of carbonyl (C=O) groups excluding carboxylic acids is 2. The molecule has 1 amide bonds. The third kappa shape index (κ3) is 3.60. The highest BCUT2D eigenvalue weighted by Gasteiger charge is 2.54. The fourth-order valence-corrected chi connectivity index (χ4v) is 7.46. The van der Waals surface area contributed by atoms with E-state index < -0.39 is 18.5 Å². The zero-order valence-corrected chi connectivity index (χ0v) is 18.4. The topological polar surface area (TPSA) is 63.7 Å². The van der Waals surface area contributed by atoms with Gasteiger partial charge in [-0.15, -0.1) is 0 Å². The summed E-state index contributed by atoms with van der Waals surface area (Å²) in [4.78, 5) is 27.0. The van der Waals surface area contributed by atoms with Crippen molar-refractivity contribution in [2.75, 3.05) is 24.7 Å². The van der Waals surface area contributed by atoms with Crippen molar-refractivity contribution >= 4 is 35.3 Å². The van der Waals surface area contributed by atoms with Crippen molar-refractivity contribution in [2.45, 2.75) is 12.3 Å². The first-order chi connectivity index (χ1) is 14.9. The van der Waals surface area contributed by atoms with Crippen molar-refractivity contribution in [3.05, 3.63) is 90.5 Å². The molecule has 0 N–H and O–H groups in total. The molecular formula is C25H24NO4P. The summed E-state index contributed by atoms with van der Waals surface area (Å²) in [7, 11) is -1.56. The molecule has 0 fully saturated rings. The second-order valence-electron chi connectivity index (χ2n) is 7.81. The Morgan fingerprint density at radius 2 is 1.42 bits per heavy atom. The quantitative estimate of drug-likeness (QED) is 0.441. The molecule has 3 aromatic carbocycles. The number of likely N-dealkylation sites (N-methyl/N-ethyl adjacent to an activating group) is 1. The summed E-state index contributed by atoms with van der Waals surface area (Å²) in [6.45, 7) is 1.16. The Kier molecular flexibility index (Phi) is 5.55. The molecule has 5 nitrogen and oxygen atoms in total. The maximum absolute atomic E-state index is 14.8. The Hall–Kier alpha value is -3.17. The fourth-order valence-electron chi connectivity index (χ4n) is 4.33.